The normalized spacial score (nSPS) is 11.1. The molecule has 0 aromatic carbocycles. The van der Waals surface area contributed by atoms with Crippen LogP contribution in [0.2, 0.25) is 0 Å². The number of rotatable bonds is 13. The fourth-order valence-corrected chi connectivity index (χ4v) is 2.67. The molecule has 0 saturated carbocycles. The maximum atomic E-state index is 3.58. The molecule has 0 radical (unpaired) electrons. The van der Waals surface area contributed by atoms with Gasteiger partial charge in [0.05, 0.1) is 0 Å². The summed E-state index contributed by atoms with van der Waals surface area (Å²) in [6.45, 7) is 7.83. The molecule has 0 unspecified atom stereocenters. The number of hydrogen-bond donors (Lipinski definition) is 1. The molecule has 0 aliphatic carbocycles. The number of aromatic nitrogens is 1. The van der Waals surface area contributed by atoms with Crippen LogP contribution in [0.3, 0.4) is 0 Å². The van der Waals surface area contributed by atoms with Crippen LogP contribution in [0.25, 0.3) is 0 Å². The average Bonchev–Trinajstić information content (AvgIpc) is 2.89. The predicted octanol–water partition coefficient (Wildman–Crippen LogP) is 5.13. The zero-order valence-electron chi connectivity index (χ0n) is 13.7. The zero-order valence-corrected chi connectivity index (χ0v) is 13.7. The highest BCUT2D eigenvalue weighted by Crippen LogP contribution is 2.08. The lowest BCUT2D eigenvalue weighted by Crippen LogP contribution is -2.17. The lowest BCUT2D eigenvalue weighted by Gasteiger charge is -2.09. The fourth-order valence-electron chi connectivity index (χ4n) is 2.67. The van der Waals surface area contributed by atoms with Crippen LogP contribution < -0.4 is 5.32 Å². The maximum absolute atomic E-state index is 3.58. The van der Waals surface area contributed by atoms with Crippen LogP contribution in [-0.4, -0.2) is 11.1 Å². The van der Waals surface area contributed by atoms with Crippen LogP contribution in [0, 0.1) is 0 Å². The Bertz CT molecular complexity index is 317. The van der Waals surface area contributed by atoms with E-state index in [2.05, 4.69) is 42.1 Å². The summed E-state index contributed by atoms with van der Waals surface area (Å²) in [6.07, 6.45) is 14.6. The van der Waals surface area contributed by atoms with E-state index < -0.39 is 0 Å². The first kappa shape index (κ1) is 17.3. The van der Waals surface area contributed by atoms with Crippen LogP contribution in [0.1, 0.15) is 77.3 Å². The first-order chi connectivity index (χ1) is 9.88. The van der Waals surface area contributed by atoms with Gasteiger partial charge in [0.15, 0.2) is 0 Å². The van der Waals surface area contributed by atoms with Gasteiger partial charge in [-0.1, -0.05) is 58.8 Å². The summed E-state index contributed by atoms with van der Waals surface area (Å²) in [5.74, 6) is 0. The number of aryl methyl sites for hydroxylation is 1. The molecule has 1 rings (SSSR count). The van der Waals surface area contributed by atoms with Gasteiger partial charge >= 0.3 is 0 Å². The monoisotopic (exact) mass is 278 g/mol. The van der Waals surface area contributed by atoms with Crippen molar-refractivity contribution in [3.05, 3.63) is 24.0 Å². The van der Waals surface area contributed by atoms with Gasteiger partial charge in [0.2, 0.25) is 0 Å². The van der Waals surface area contributed by atoms with Crippen LogP contribution in [-0.2, 0) is 13.1 Å². The van der Waals surface area contributed by atoms with Crippen molar-refractivity contribution in [1.82, 2.24) is 9.88 Å². The van der Waals surface area contributed by atoms with Crippen molar-refractivity contribution in [2.75, 3.05) is 6.54 Å². The Balaban J connectivity index is 1.93. The fraction of sp³-hybridized carbons (Fsp3) is 0.778. The van der Waals surface area contributed by atoms with Gasteiger partial charge in [0.1, 0.15) is 0 Å². The molecule has 1 aromatic rings. The molecule has 0 aliphatic rings. The molecule has 0 fully saturated rings. The van der Waals surface area contributed by atoms with E-state index in [1.165, 1.54) is 63.5 Å². The van der Waals surface area contributed by atoms with Crippen LogP contribution in [0.15, 0.2) is 18.3 Å². The summed E-state index contributed by atoms with van der Waals surface area (Å²) in [5, 5.41) is 3.58. The Morgan fingerprint density at radius 1 is 0.900 bits per heavy atom. The van der Waals surface area contributed by atoms with Gasteiger partial charge in [-0.05, 0) is 31.5 Å². The molecule has 2 heteroatoms. The minimum atomic E-state index is 1.02. The van der Waals surface area contributed by atoms with Gasteiger partial charge in [0.25, 0.3) is 0 Å². The number of hydrogen-bond acceptors (Lipinski definition) is 1. The summed E-state index contributed by atoms with van der Waals surface area (Å²) in [7, 11) is 0. The second-order valence-corrected chi connectivity index (χ2v) is 5.84. The summed E-state index contributed by atoms with van der Waals surface area (Å²) in [6, 6.07) is 4.39. The molecule has 0 atom stereocenters. The average molecular weight is 278 g/mol. The van der Waals surface area contributed by atoms with E-state index in [1.54, 1.807) is 0 Å². The van der Waals surface area contributed by atoms with Gasteiger partial charge in [-0.15, -0.1) is 0 Å². The van der Waals surface area contributed by atoms with Crippen molar-refractivity contribution >= 4 is 0 Å². The highest BCUT2D eigenvalue weighted by molar-refractivity contribution is 5.06. The van der Waals surface area contributed by atoms with E-state index >= 15 is 0 Å². The van der Waals surface area contributed by atoms with E-state index in [4.69, 9.17) is 0 Å². The smallest absolute Gasteiger partial charge is 0.0359 e. The second kappa shape index (κ2) is 12.0. The summed E-state index contributed by atoms with van der Waals surface area (Å²) >= 11 is 0. The first-order valence-electron chi connectivity index (χ1n) is 8.73. The summed E-state index contributed by atoms with van der Waals surface area (Å²) in [4.78, 5) is 0. The first-order valence-corrected chi connectivity index (χ1v) is 8.73. The molecule has 0 spiro atoms. The third-order valence-corrected chi connectivity index (χ3v) is 3.90. The highest BCUT2D eigenvalue weighted by atomic mass is 15.0. The Morgan fingerprint density at radius 2 is 1.60 bits per heavy atom. The van der Waals surface area contributed by atoms with Gasteiger partial charge < -0.3 is 9.88 Å². The Kier molecular flexibility index (Phi) is 10.4. The molecule has 1 N–H and O–H groups in total. The standard InChI is InChI=1S/C18H34N2/c1-3-5-6-7-8-9-10-11-14-19-17-18-13-12-16-20(18)15-4-2/h12-13,16,19H,3-11,14-15,17H2,1-2H3. The van der Waals surface area contributed by atoms with Gasteiger partial charge in [-0.3, -0.25) is 0 Å². The van der Waals surface area contributed by atoms with E-state index in [0.29, 0.717) is 0 Å². The second-order valence-electron chi connectivity index (χ2n) is 5.84. The van der Waals surface area contributed by atoms with Crippen molar-refractivity contribution in [2.45, 2.75) is 84.7 Å². The van der Waals surface area contributed by atoms with Crippen LogP contribution in [0.4, 0.5) is 0 Å². The third kappa shape index (κ3) is 7.74. The maximum Gasteiger partial charge on any atom is 0.0359 e. The predicted molar refractivity (Wildman–Crippen MR) is 89.0 cm³/mol. The Hall–Kier alpha value is -0.760. The highest BCUT2D eigenvalue weighted by Gasteiger charge is 1.99. The molecule has 0 amide bonds. The van der Waals surface area contributed by atoms with Gasteiger partial charge in [-0.2, -0.15) is 0 Å². The van der Waals surface area contributed by atoms with Crippen LogP contribution >= 0.6 is 0 Å². The molecule has 1 aromatic heterocycles. The largest absolute Gasteiger partial charge is 0.350 e. The van der Waals surface area contributed by atoms with Crippen molar-refractivity contribution in [1.29, 1.82) is 0 Å². The summed E-state index contributed by atoms with van der Waals surface area (Å²) < 4.78 is 2.36. The minimum Gasteiger partial charge on any atom is -0.350 e. The molecular weight excluding hydrogens is 244 g/mol. The van der Waals surface area contributed by atoms with E-state index in [1.807, 2.05) is 0 Å². The summed E-state index contributed by atoms with van der Waals surface area (Å²) in [5.41, 5.74) is 1.42. The topological polar surface area (TPSA) is 17.0 Å². The molecule has 2 nitrogen and oxygen atoms in total. The van der Waals surface area contributed by atoms with Crippen molar-refractivity contribution in [3.63, 3.8) is 0 Å². The quantitative estimate of drug-likeness (QED) is 0.495. The lowest BCUT2D eigenvalue weighted by molar-refractivity contribution is 0.545. The minimum absolute atomic E-state index is 1.02. The SMILES string of the molecule is CCCCCCCCCCNCc1cccn1CCC. The van der Waals surface area contributed by atoms with Crippen molar-refractivity contribution in [2.24, 2.45) is 0 Å². The van der Waals surface area contributed by atoms with Crippen molar-refractivity contribution < 1.29 is 0 Å². The molecule has 0 saturated heterocycles. The molecule has 0 bridgehead atoms. The Morgan fingerprint density at radius 3 is 2.30 bits per heavy atom. The zero-order chi connectivity index (χ0) is 14.5. The number of unbranched alkanes of at least 4 members (excludes halogenated alkanes) is 7. The third-order valence-electron chi connectivity index (χ3n) is 3.90. The molecule has 20 heavy (non-hydrogen) atoms. The number of nitrogens with one attached hydrogen (secondary N) is 1. The molecule has 0 aliphatic heterocycles. The Labute approximate surface area is 126 Å². The lowest BCUT2D eigenvalue weighted by atomic mass is 10.1. The van der Waals surface area contributed by atoms with Gasteiger partial charge in [0, 0.05) is 25.0 Å². The van der Waals surface area contributed by atoms with Crippen LogP contribution in [0.5, 0.6) is 0 Å². The van der Waals surface area contributed by atoms with E-state index in [9.17, 15) is 0 Å². The van der Waals surface area contributed by atoms with E-state index in [0.717, 1.165) is 19.6 Å². The molecule has 116 valence electrons. The van der Waals surface area contributed by atoms with E-state index in [-0.39, 0.29) is 0 Å². The van der Waals surface area contributed by atoms with Gasteiger partial charge in [-0.25, -0.2) is 0 Å². The molecular formula is C18H34N2. The number of nitrogens with zero attached hydrogens (tertiary/aromatic N) is 1. The van der Waals surface area contributed by atoms with Crippen molar-refractivity contribution in [3.8, 4) is 0 Å². The molecule has 1 heterocycles.